The lowest BCUT2D eigenvalue weighted by atomic mass is 9.72. The van der Waals surface area contributed by atoms with E-state index in [1.54, 1.807) is 0 Å². The van der Waals surface area contributed by atoms with E-state index in [4.69, 9.17) is 0 Å². The normalized spacial score (nSPS) is 19.7. The highest BCUT2D eigenvalue weighted by molar-refractivity contribution is 9.10. The third-order valence-corrected chi connectivity index (χ3v) is 8.50. The van der Waals surface area contributed by atoms with Gasteiger partial charge in [0, 0.05) is 17.6 Å². The molecule has 0 amide bonds. The van der Waals surface area contributed by atoms with Gasteiger partial charge in [-0.05, 0) is 52.1 Å². The topological polar surface area (TPSA) is 3.24 Å². The van der Waals surface area contributed by atoms with Gasteiger partial charge in [-0.15, -0.1) is 0 Å². The summed E-state index contributed by atoms with van der Waals surface area (Å²) in [6.07, 6.45) is 1.17. The van der Waals surface area contributed by atoms with Crippen LogP contribution in [-0.2, 0) is 5.54 Å². The first kappa shape index (κ1) is 23.1. The molecule has 4 aromatic carbocycles. The molecule has 1 nitrogen and oxygen atoms in total. The Morgan fingerprint density at radius 1 is 0.706 bits per heavy atom. The molecule has 1 fully saturated rings. The third kappa shape index (κ3) is 4.04. The minimum absolute atomic E-state index is 0.178. The highest BCUT2D eigenvalue weighted by Crippen LogP contribution is 2.51. The fourth-order valence-electron chi connectivity index (χ4n) is 5.86. The lowest BCUT2D eigenvalue weighted by Gasteiger charge is -2.45. The van der Waals surface area contributed by atoms with Crippen molar-refractivity contribution in [2.45, 2.75) is 31.7 Å². The van der Waals surface area contributed by atoms with Gasteiger partial charge in [0.25, 0.3) is 0 Å². The Kier molecular flexibility index (Phi) is 6.46. The van der Waals surface area contributed by atoms with E-state index in [1.165, 1.54) is 28.7 Å². The van der Waals surface area contributed by atoms with Gasteiger partial charge in [0.1, 0.15) is 0 Å². The van der Waals surface area contributed by atoms with Crippen LogP contribution in [0.2, 0.25) is 0 Å². The van der Waals surface area contributed by atoms with E-state index in [2.05, 4.69) is 150 Å². The minimum atomic E-state index is -0.332. The van der Waals surface area contributed by atoms with Crippen molar-refractivity contribution in [2.75, 3.05) is 13.1 Å². The maximum Gasteiger partial charge on any atom is 0.0973 e. The predicted octanol–water partition coefficient (Wildman–Crippen LogP) is 8.26. The van der Waals surface area contributed by atoms with Crippen LogP contribution < -0.4 is 0 Å². The SMILES string of the molecule is C[C@H](c1ccc(Br)cc1)[C@]1(C)CCN(C(c2ccccc2)(c2ccccc2)c2ccccc2)C1. The number of halogens is 1. The molecule has 1 saturated heterocycles. The van der Waals surface area contributed by atoms with Crippen molar-refractivity contribution in [1.29, 1.82) is 0 Å². The molecule has 0 bridgehead atoms. The van der Waals surface area contributed by atoms with E-state index in [-0.39, 0.29) is 11.0 Å². The number of benzene rings is 4. The quantitative estimate of drug-likeness (QED) is 0.236. The molecule has 0 aliphatic carbocycles. The lowest BCUT2D eigenvalue weighted by Crippen LogP contribution is -2.48. The van der Waals surface area contributed by atoms with Gasteiger partial charge in [-0.25, -0.2) is 0 Å². The van der Waals surface area contributed by atoms with Crippen molar-refractivity contribution in [3.05, 3.63) is 142 Å². The molecule has 34 heavy (non-hydrogen) atoms. The van der Waals surface area contributed by atoms with Crippen LogP contribution in [0.1, 0.15) is 48.4 Å². The zero-order chi connectivity index (χ0) is 23.6. The number of likely N-dealkylation sites (tertiary alicyclic amines) is 1. The van der Waals surface area contributed by atoms with Crippen molar-refractivity contribution in [1.82, 2.24) is 4.90 Å². The molecule has 0 aromatic heterocycles. The van der Waals surface area contributed by atoms with E-state index in [0.29, 0.717) is 5.92 Å². The largest absolute Gasteiger partial charge is 0.286 e. The summed E-state index contributed by atoms with van der Waals surface area (Å²) in [6.45, 7) is 6.96. The second-order valence-corrected chi connectivity index (χ2v) is 10.8. The molecule has 2 atom stereocenters. The second kappa shape index (κ2) is 9.52. The van der Waals surface area contributed by atoms with E-state index in [1.807, 2.05) is 0 Å². The zero-order valence-electron chi connectivity index (χ0n) is 20.0. The lowest BCUT2D eigenvalue weighted by molar-refractivity contribution is 0.163. The Morgan fingerprint density at radius 2 is 1.15 bits per heavy atom. The highest BCUT2D eigenvalue weighted by atomic mass is 79.9. The number of hydrogen-bond acceptors (Lipinski definition) is 1. The van der Waals surface area contributed by atoms with E-state index in [0.717, 1.165) is 17.6 Å². The van der Waals surface area contributed by atoms with Crippen molar-refractivity contribution in [2.24, 2.45) is 5.41 Å². The summed E-state index contributed by atoms with van der Waals surface area (Å²) in [6, 6.07) is 42.1. The number of rotatable bonds is 6. The highest BCUT2D eigenvalue weighted by Gasteiger charge is 2.49. The molecule has 0 radical (unpaired) electrons. The summed E-state index contributed by atoms with van der Waals surface area (Å²) >= 11 is 3.60. The third-order valence-electron chi connectivity index (χ3n) is 7.97. The maximum absolute atomic E-state index is 3.60. The number of hydrogen-bond donors (Lipinski definition) is 0. The summed E-state index contributed by atoms with van der Waals surface area (Å²) in [7, 11) is 0. The van der Waals surface area contributed by atoms with E-state index >= 15 is 0 Å². The molecule has 5 rings (SSSR count). The molecule has 0 unspecified atom stereocenters. The molecule has 1 aliphatic heterocycles. The van der Waals surface area contributed by atoms with E-state index < -0.39 is 0 Å². The first-order valence-corrected chi connectivity index (χ1v) is 13.0. The molecule has 4 aromatic rings. The second-order valence-electron chi connectivity index (χ2n) is 9.91. The Balaban J connectivity index is 1.64. The van der Waals surface area contributed by atoms with Gasteiger partial charge in [0.05, 0.1) is 5.54 Å². The van der Waals surface area contributed by atoms with Crippen LogP contribution in [0.25, 0.3) is 0 Å². The molecule has 0 N–H and O–H groups in total. The molecule has 1 heterocycles. The Labute approximate surface area is 212 Å². The van der Waals surface area contributed by atoms with Crippen molar-refractivity contribution in [3.63, 3.8) is 0 Å². The van der Waals surface area contributed by atoms with Crippen LogP contribution in [-0.4, -0.2) is 18.0 Å². The Morgan fingerprint density at radius 3 is 1.59 bits per heavy atom. The smallest absolute Gasteiger partial charge is 0.0973 e. The molecule has 2 heteroatoms. The standard InChI is InChI=1S/C32H32BrN/c1-25(26-18-20-30(33)21-19-26)31(2)22-23-34(24-31)32(27-12-6-3-7-13-27,28-14-8-4-9-15-28)29-16-10-5-11-17-29/h3-21,25H,22-24H2,1-2H3/t25-,31-/m1/s1. The average molecular weight is 511 g/mol. The van der Waals surface area contributed by atoms with Crippen LogP contribution in [0.5, 0.6) is 0 Å². The molecule has 172 valence electrons. The monoisotopic (exact) mass is 509 g/mol. The van der Waals surface area contributed by atoms with Crippen LogP contribution >= 0.6 is 15.9 Å². The zero-order valence-corrected chi connectivity index (χ0v) is 21.6. The van der Waals surface area contributed by atoms with Crippen LogP contribution in [0.4, 0.5) is 0 Å². The van der Waals surface area contributed by atoms with Gasteiger partial charge in [0.15, 0.2) is 0 Å². The van der Waals surface area contributed by atoms with E-state index in [9.17, 15) is 0 Å². The fraction of sp³-hybridized carbons (Fsp3) is 0.250. The summed E-state index contributed by atoms with van der Waals surface area (Å²) in [5.41, 5.74) is 5.24. The van der Waals surface area contributed by atoms with Crippen molar-refractivity contribution < 1.29 is 0 Å². The van der Waals surface area contributed by atoms with Crippen molar-refractivity contribution in [3.8, 4) is 0 Å². The van der Waals surface area contributed by atoms with Gasteiger partial charge < -0.3 is 0 Å². The summed E-state index contributed by atoms with van der Waals surface area (Å²) < 4.78 is 1.14. The Hall–Kier alpha value is -2.68. The summed E-state index contributed by atoms with van der Waals surface area (Å²) in [4.78, 5) is 2.74. The maximum atomic E-state index is 3.60. The van der Waals surface area contributed by atoms with Crippen LogP contribution in [0, 0.1) is 5.41 Å². The van der Waals surface area contributed by atoms with Crippen molar-refractivity contribution >= 4 is 15.9 Å². The Bertz CT molecular complexity index is 1110. The van der Waals surface area contributed by atoms with Gasteiger partial charge in [-0.1, -0.05) is 133 Å². The average Bonchev–Trinajstić information content (AvgIpc) is 3.30. The van der Waals surface area contributed by atoms with Crippen LogP contribution in [0.3, 0.4) is 0 Å². The number of nitrogens with zero attached hydrogens (tertiary/aromatic N) is 1. The molecule has 1 aliphatic rings. The van der Waals surface area contributed by atoms with Gasteiger partial charge in [0.2, 0.25) is 0 Å². The predicted molar refractivity (Wildman–Crippen MR) is 146 cm³/mol. The molecular formula is C32H32BrN. The summed E-state index contributed by atoms with van der Waals surface area (Å²) in [5.74, 6) is 0.464. The molecule has 0 saturated carbocycles. The van der Waals surface area contributed by atoms with Crippen LogP contribution in [0.15, 0.2) is 120 Å². The molecule has 0 spiro atoms. The molecular weight excluding hydrogens is 478 g/mol. The minimum Gasteiger partial charge on any atom is -0.286 e. The fourth-order valence-corrected chi connectivity index (χ4v) is 6.13. The first-order valence-electron chi connectivity index (χ1n) is 12.2. The summed E-state index contributed by atoms with van der Waals surface area (Å²) in [5, 5.41) is 0. The van der Waals surface area contributed by atoms with Gasteiger partial charge in [-0.3, -0.25) is 4.90 Å². The van der Waals surface area contributed by atoms with Gasteiger partial charge in [-0.2, -0.15) is 0 Å². The first-order chi connectivity index (χ1) is 16.5. The van der Waals surface area contributed by atoms with Gasteiger partial charge >= 0.3 is 0 Å².